The molecule has 0 aromatic rings. The van der Waals surface area contributed by atoms with Crippen molar-refractivity contribution in [2.24, 2.45) is 10.7 Å². The van der Waals surface area contributed by atoms with Gasteiger partial charge in [0.05, 0.1) is 0 Å². The van der Waals surface area contributed by atoms with Crippen molar-refractivity contribution in [1.29, 1.82) is 0 Å². The van der Waals surface area contributed by atoms with Crippen molar-refractivity contribution in [2.75, 3.05) is 34.2 Å². The Morgan fingerprint density at radius 2 is 2.00 bits per heavy atom. The van der Waals surface area contributed by atoms with Crippen LogP contribution in [-0.4, -0.2) is 50.0 Å². The number of allylic oxidation sites excluding steroid dienone is 1. The average Bonchev–Trinajstić information content (AvgIpc) is 2.05. The molecule has 0 aliphatic rings. The Labute approximate surface area is 80.7 Å². The number of likely N-dealkylation sites (N-methyl/N-ethyl adjacent to an activating group) is 1. The van der Waals surface area contributed by atoms with Crippen molar-refractivity contribution in [1.82, 2.24) is 9.80 Å². The number of hydrogen-bond donors (Lipinski definition) is 1. The lowest BCUT2D eigenvalue weighted by molar-refractivity contribution is 0.432. The van der Waals surface area contributed by atoms with E-state index in [1.165, 1.54) is 0 Å². The van der Waals surface area contributed by atoms with E-state index in [1.807, 2.05) is 43.9 Å². The summed E-state index contributed by atoms with van der Waals surface area (Å²) in [6.45, 7) is 3.40. The molecule has 0 aromatic carbocycles. The fraction of sp³-hybridized carbons (Fsp3) is 0.667. The van der Waals surface area contributed by atoms with E-state index in [9.17, 15) is 0 Å². The summed E-state index contributed by atoms with van der Waals surface area (Å²) in [5.41, 5.74) is 5.46. The second kappa shape index (κ2) is 6.48. The Bertz CT molecular complexity index is 184. The molecule has 0 radical (unpaired) electrons. The molecule has 76 valence electrons. The highest BCUT2D eigenvalue weighted by Crippen LogP contribution is 1.92. The van der Waals surface area contributed by atoms with Gasteiger partial charge in [0.1, 0.15) is 0 Å². The third kappa shape index (κ3) is 4.52. The van der Waals surface area contributed by atoms with Gasteiger partial charge in [-0.05, 0) is 6.92 Å². The molecule has 0 unspecified atom stereocenters. The first kappa shape index (κ1) is 12.0. The zero-order valence-corrected chi connectivity index (χ0v) is 8.99. The topological polar surface area (TPSA) is 44.9 Å². The molecule has 0 heterocycles. The van der Waals surface area contributed by atoms with Crippen LogP contribution in [0.5, 0.6) is 0 Å². The van der Waals surface area contributed by atoms with E-state index >= 15 is 0 Å². The summed E-state index contributed by atoms with van der Waals surface area (Å²) >= 11 is 0. The SMILES string of the molecule is C/C=C/N=C(N(C)C)N(C)CCN. The molecule has 0 aromatic heterocycles. The zero-order valence-electron chi connectivity index (χ0n) is 8.99. The Morgan fingerprint density at radius 1 is 1.38 bits per heavy atom. The van der Waals surface area contributed by atoms with E-state index in [1.54, 1.807) is 6.20 Å². The average molecular weight is 184 g/mol. The standard InChI is InChI=1S/C9H20N4/c1-5-7-11-9(12(2)3)13(4)8-6-10/h5,7H,6,8,10H2,1-4H3/b7-5+,11-9?. The number of nitrogens with two attached hydrogens (primary N) is 1. The van der Waals surface area contributed by atoms with Gasteiger partial charge in [-0.1, -0.05) is 6.08 Å². The van der Waals surface area contributed by atoms with Crippen molar-refractivity contribution >= 4 is 5.96 Å². The van der Waals surface area contributed by atoms with Gasteiger partial charge in [-0.15, -0.1) is 0 Å². The summed E-state index contributed by atoms with van der Waals surface area (Å²) in [6.07, 6.45) is 3.68. The molecule has 0 amide bonds. The molecule has 13 heavy (non-hydrogen) atoms. The molecule has 0 saturated heterocycles. The lowest BCUT2D eigenvalue weighted by Crippen LogP contribution is -2.40. The van der Waals surface area contributed by atoms with Crippen molar-refractivity contribution < 1.29 is 0 Å². The van der Waals surface area contributed by atoms with Crippen LogP contribution in [0, 0.1) is 0 Å². The Hall–Kier alpha value is -1.03. The van der Waals surface area contributed by atoms with Crippen molar-refractivity contribution in [2.45, 2.75) is 6.92 Å². The molecule has 0 fully saturated rings. The Balaban J connectivity index is 4.40. The maximum Gasteiger partial charge on any atom is 0.200 e. The third-order valence-corrected chi connectivity index (χ3v) is 1.55. The smallest absolute Gasteiger partial charge is 0.200 e. The molecule has 0 atom stereocenters. The Morgan fingerprint density at radius 3 is 2.38 bits per heavy atom. The molecule has 0 aliphatic carbocycles. The van der Waals surface area contributed by atoms with Gasteiger partial charge >= 0.3 is 0 Å². The van der Waals surface area contributed by atoms with Gasteiger partial charge in [-0.25, -0.2) is 4.99 Å². The fourth-order valence-corrected chi connectivity index (χ4v) is 0.990. The van der Waals surface area contributed by atoms with Crippen LogP contribution in [-0.2, 0) is 0 Å². The summed E-state index contributed by atoms with van der Waals surface area (Å²) in [6, 6.07) is 0. The van der Waals surface area contributed by atoms with E-state index < -0.39 is 0 Å². The maximum absolute atomic E-state index is 5.46. The lowest BCUT2D eigenvalue weighted by Gasteiger charge is -2.25. The van der Waals surface area contributed by atoms with Crippen LogP contribution in [0.4, 0.5) is 0 Å². The monoisotopic (exact) mass is 184 g/mol. The van der Waals surface area contributed by atoms with Gasteiger partial charge in [0, 0.05) is 40.4 Å². The van der Waals surface area contributed by atoms with Crippen LogP contribution in [0.2, 0.25) is 0 Å². The van der Waals surface area contributed by atoms with Gasteiger partial charge in [0.15, 0.2) is 5.96 Å². The van der Waals surface area contributed by atoms with E-state index in [-0.39, 0.29) is 0 Å². The van der Waals surface area contributed by atoms with Crippen molar-refractivity contribution in [3.63, 3.8) is 0 Å². The Kier molecular flexibility index (Phi) is 5.97. The molecule has 4 nitrogen and oxygen atoms in total. The van der Waals surface area contributed by atoms with Crippen molar-refractivity contribution in [3.05, 3.63) is 12.3 Å². The van der Waals surface area contributed by atoms with E-state index in [0.717, 1.165) is 12.5 Å². The molecule has 4 heteroatoms. The number of rotatable bonds is 3. The molecule has 0 spiro atoms. The highest BCUT2D eigenvalue weighted by Gasteiger charge is 2.05. The molecular formula is C9H20N4. The zero-order chi connectivity index (χ0) is 10.3. The number of hydrogen-bond acceptors (Lipinski definition) is 2. The minimum atomic E-state index is 0.638. The van der Waals surface area contributed by atoms with E-state index in [2.05, 4.69) is 4.99 Å². The molecule has 0 aliphatic heterocycles. The van der Waals surface area contributed by atoms with Crippen LogP contribution < -0.4 is 5.73 Å². The highest BCUT2D eigenvalue weighted by atomic mass is 15.3. The molecule has 0 bridgehead atoms. The summed E-state index contributed by atoms with van der Waals surface area (Å²) in [4.78, 5) is 8.29. The number of aliphatic imine (C=N–C) groups is 1. The molecule has 2 N–H and O–H groups in total. The second-order valence-electron chi connectivity index (χ2n) is 3.02. The van der Waals surface area contributed by atoms with Crippen LogP contribution in [0.25, 0.3) is 0 Å². The predicted molar refractivity (Wildman–Crippen MR) is 57.6 cm³/mol. The third-order valence-electron chi connectivity index (χ3n) is 1.55. The van der Waals surface area contributed by atoms with Gasteiger partial charge < -0.3 is 15.5 Å². The molecule has 0 rings (SSSR count). The normalized spacial score (nSPS) is 12.2. The summed E-state index contributed by atoms with van der Waals surface area (Å²) in [5, 5.41) is 0. The summed E-state index contributed by atoms with van der Waals surface area (Å²) < 4.78 is 0. The largest absolute Gasteiger partial charge is 0.349 e. The van der Waals surface area contributed by atoms with Crippen LogP contribution in [0.15, 0.2) is 17.3 Å². The van der Waals surface area contributed by atoms with Gasteiger partial charge in [-0.2, -0.15) is 0 Å². The van der Waals surface area contributed by atoms with Crippen LogP contribution >= 0.6 is 0 Å². The van der Waals surface area contributed by atoms with Crippen LogP contribution in [0.3, 0.4) is 0 Å². The first-order chi connectivity index (χ1) is 6.13. The van der Waals surface area contributed by atoms with E-state index in [0.29, 0.717) is 6.54 Å². The van der Waals surface area contributed by atoms with Gasteiger partial charge in [-0.3, -0.25) is 0 Å². The van der Waals surface area contributed by atoms with Gasteiger partial charge in [0.2, 0.25) is 0 Å². The number of nitrogens with zero attached hydrogens (tertiary/aromatic N) is 3. The van der Waals surface area contributed by atoms with Crippen LogP contribution in [0.1, 0.15) is 6.92 Å². The summed E-state index contributed by atoms with van der Waals surface area (Å²) in [7, 11) is 5.92. The minimum Gasteiger partial charge on any atom is -0.349 e. The van der Waals surface area contributed by atoms with E-state index in [4.69, 9.17) is 5.73 Å². The first-order valence-corrected chi connectivity index (χ1v) is 4.41. The predicted octanol–water partition coefficient (Wildman–Crippen LogP) is 0.328. The molecule has 0 saturated carbocycles. The number of guanidine groups is 1. The summed E-state index contributed by atoms with van der Waals surface area (Å²) in [5.74, 6) is 0.920. The maximum atomic E-state index is 5.46. The fourth-order valence-electron chi connectivity index (χ4n) is 0.990. The molecular weight excluding hydrogens is 164 g/mol. The van der Waals surface area contributed by atoms with Gasteiger partial charge in [0.25, 0.3) is 0 Å². The second-order valence-corrected chi connectivity index (χ2v) is 3.02. The first-order valence-electron chi connectivity index (χ1n) is 4.41. The lowest BCUT2D eigenvalue weighted by atomic mass is 10.5. The quantitative estimate of drug-likeness (QED) is 0.508. The van der Waals surface area contributed by atoms with Crippen molar-refractivity contribution in [3.8, 4) is 0 Å². The minimum absolute atomic E-state index is 0.638. The highest BCUT2D eigenvalue weighted by molar-refractivity contribution is 5.79.